The zero-order chi connectivity index (χ0) is 11.4. The van der Waals surface area contributed by atoms with Gasteiger partial charge < -0.3 is 5.32 Å². The van der Waals surface area contributed by atoms with E-state index in [1.54, 1.807) is 0 Å². The summed E-state index contributed by atoms with van der Waals surface area (Å²) in [5.74, 6) is 0. The number of aromatic nitrogens is 1. The molecule has 16 heavy (non-hydrogen) atoms. The molecule has 0 aliphatic rings. The van der Waals surface area contributed by atoms with Crippen molar-refractivity contribution in [2.45, 2.75) is 13.0 Å². The van der Waals surface area contributed by atoms with E-state index in [0.29, 0.717) is 6.04 Å². The van der Waals surface area contributed by atoms with E-state index in [9.17, 15) is 0 Å². The van der Waals surface area contributed by atoms with Gasteiger partial charge in [0.05, 0.1) is 11.2 Å². The average Bonchev–Trinajstić information content (AvgIpc) is 2.35. The molecular formula is C14H16N2. The van der Waals surface area contributed by atoms with Crippen molar-refractivity contribution < 1.29 is 0 Å². The number of hydrogen-bond donors (Lipinski definition) is 1. The van der Waals surface area contributed by atoms with Gasteiger partial charge in [0, 0.05) is 11.4 Å². The summed E-state index contributed by atoms with van der Waals surface area (Å²) in [5, 5.41) is 4.34. The number of benzene rings is 1. The summed E-state index contributed by atoms with van der Waals surface area (Å²) in [7, 11) is 1.95. The Bertz CT molecular complexity index is 503. The second-order valence-electron chi connectivity index (χ2n) is 3.87. The van der Waals surface area contributed by atoms with E-state index in [0.717, 1.165) is 11.2 Å². The quantitative estimate of drug-likeness (QED) is 0.846. The molecule has 1 aromatic carbocycles. The number of pyridine rings is 1. The van der Waals surface area contributed by atoms with Gasteiger partial charge in [0.1, 0.15) is 0 Å². The molecule has 0 amide bonds. The van der Waals surface area contributed by atoms with Crippen molar-refractivity contribution in [2.75, 3.05) is 7.05 Å². The van der Waals surface area contributed by atoms with Gasteiger partial charge in [-0.2, -0.15) is 0 Å². The Morgan fingerprint density at radius 3 is 2.81 bits per heavy atom. The fourth-order valence-electron chi connectivity index (χ4n) is 1.51. The van der Waals surface area contributed by atoms with Crippen molar-refractivity contribution in [2.24, 2.45) is 0 Å². The Morgan fingerprint density at radius 1 is 1.19 bits per heavy atom. The summed E-state index contributed by atoms with van der Waals surface area (Å²) in [6.45, 7) is 2.11. The zero-order valence-electron chi connectivity index (χ0n) is 9.64. The highest BCUT2D eigenvalue weighted by molar-refractivity contribution is 5.79. The van der Waals surface area contributed by atoms with E-state index in [1.165, 1.54) is 5.39 Å². The van der Waals surface area contributed by atoms with Crippen LogP contribution in [0.25, 0.3) is 17.0 Å². The highest BCUT2D eigenvalue weighted by Gasteiger charge is 1.95. The second kappa shape index (κ2) is 4.90. The van der Waals surface area contributed by atoms with Gasteiger partial charge in [-0.25, -0.2) is 4.98 Å². The fourth-order valence-corrected chi connectivity index (χ4v) is 1.51. The van der Waals surface area contributed by atoms with Crippen LogP contribution in [0, 0.1) is 0 Å². The van der Waals surface area contributed by atoms with Crippen molar-refractivity contribution in [1.82, 2.24) is 10.3 Å². The highest BCUT2D eigenvalue weighted by atomic mass is 14.8. The van der Waals surface area contributed by atoms with E-state index < -0.39 is 0 Å². The molecule has 1 heterocycles. The molecule has 0 radical (unpaired) electrons. The van der Waals surface area contributed by atoms with Crippen molar-refractivity contribution in [3.05, 3.63) is 48.2 Å². The maximum atomic E-state index is 4.57. The number of likely N-dealkylation sites (N-methyl/N-ethyl adjacent to an activating group) is 1. The number of para-hydroxylation sites is 1. The van der Waals surface area contributed by atoms with Crippen LogP contribution in [0.3, 0.4) is 0 Å². The summed E-state index contributed by atoms with van der Waals surface area (Å²) in [5.41, 5.74) is 2.04. The van der Waals surface area contributed by atoms with Crippen molar-refractivity contribution in [1.29, 1.82) is 0 Å². The minimum atomic E-state index is 0.369. The maximum absolute atomic E-state index is 4.57. The van der Waals surface area contributed by atoms with Crippen LogP contribution in [-0.2, 0) is 0 Å². The van der Waals surface area contributed by atoms with E-state index >= 15 is 0 Å². The number of nitrogens with zero attached hydrogens (tertiary/aromatic N) is 1. The first-order chi connectivity index (χ1) is 7.79. The van der Waals surface area contributed by atoms with Crippen LogP contribution in [-0.4, -0.2) is 18.1 Å². The first kappa shape index (κ1) is 10.8. The zero-order valence-corrected chi connectivity index (χ0v) is 9.64. The predicted octanol–water partition coefficient (Wildman–Crippen LogP) is 2.86. The standard InChI is InChI=1S/C14H16N2/c1-11(15-2)7-9-13-10-8-12-5-3-4-6-14(12)16-13/h3-11,15H,1-2H3/b9-7+. The topological polar surface area (TPSA) is 24.9 Å². The monoisotopic (exact) mass is 212 g/mol. The third-order valence-electron chi connectivity index (χ3n) is 2.63. The molecule has 1 N–H and O–H groups in total. The molecule has 82 valence electrons. The van der Waals surface area contributed by atoms with Crippen LogP contribution in [0.2, 0.25) is 0 Å². The van der Waals surface area contributed by atoms with E-state index in [2.05, 4.69) is 35.4 Å². The Balaban J connectivity index is 2.29. The minimum absolute atomic E-state index is 0.369. The molecule has 0 spiro atoms. The Labute approximate surface area is 96.0 Å². The summed E-state index contributed by atoms with van der Waals surface area (Å²) in [4.78, 5) is 4.57. The van der Waals surface area contributed by atoms with Gasteiger partial charge in [-0.15, -0.1) is 0 Å². The van der Waals surface area contributed by atoms with Gasteiger partial charge in [0.2, 0.25) is 0 Å². The first-order valence-corrected chi connectivity index (χ1v) is 5.51. The number of nitrogens with one attached hydrogen (secondary N) is 1. The average molecular weight is 212 g/mol. The molecule has 0 aliphatic carbocycles. The van der Waals surface area contributed by atoms with Crippen LogP contribution >= 0.6 is 0 Å². The van der Waals surface area contributed by atoms with Crippen molar-refractivity contribution in [3.63, 3.8) is 0 Å². The molecule has 0 bridgehead atoms. The SMILES string of the molecule is CNC(C)/C=C/c1ccc2ccccc2n1. The van der Waals surface area contributed by atoms with Gasteiger partial charge in [-0.3, -0.25) is 0 Å². The highest BCUT2D eigenvalue weighted by Crippen LogP contribution is 2.12. The molecule has 2 heteroatoms. The molecule has 1 atom stereocenters. The first-order valence-electron chi connectivity index (χ1n) is 5.51. The number of hydrogen-bond acceptors (Lipinski definition) is 2. The molecule has 1 unspecified atom stereocenters. The Morgan fingerprint density at radius 2 is 2.00 bits per heavy atom. The lowest BCUT2D eigenvalue weighted by Gasteiger charge is -2.02. The van der Waals surface area contributed by atoms with E-state index in [4.69, 9.17) is 0 Å². The van der Waals surface area contributed by atoms with Gasteiger partial charge in [-0.1, -0.05) is 30.3 Å². The number of fused-ring (bicyclic) bond motifs is 1. The smallest absolute Gasteiger partial charge is 0.0709 e. The van der Waals surface area contributed by atoms with Gasteiger partial charge in [0.25, 0.3) is 0 Å². The van der Waals surface area contributed by atoms with Crippen LogP contribution in [0.1, 0.15) is 12.6 Å². The Kier molecular flexibility index (Phi) is 3.32. The molecule has 0 saturated carbocycles. The molecule has 2 rings (SSSR count). The lowest BCUT2D eigenvalue weighted by Crippen LogP contribution is -2.17. The molecule has 2 aromatic rings. The third-order valence-corrected chi connectivity index (χ3v) is 2.63. The van der Waals surface area contributed by atoms with Crippen LogP contribution in [0.4, 0.5) is 0 Å². The second-order valence-corrected chi connectivity index (χ2v) is 3.87. The lowest BCUT2D eigenvalue weighted by atomic mass is 10.2. The molecule has 1 aromatic heterocycles. The van der Waals surface area contributed by atoms with Crippen LogP contribution < -0.4 is 5.32 Å². The van der Waals surface area contributed by atoms with Crippen LogP contribution in [0.5, 0.6) is 0 Å². The van der Waals surface area contributed by atoms with Crippen LogP contribution in [0.15, 0.2) is 42.5 Å². The van der Waals surface area contributed by atoms with E-state index in [-0.39, 0.29) is 0 Å². The molecule has 2 nitrogen and oxygen atoms in total. The summed E-state index contributed by atoms with van der Waals surface area (Å²) in [6.07, 6.45) is 4.16. The number of rotatable bonds is 3. The molecular weight excluding hydrogens is 196 g/mol. The maximum Gasteiger partial charge on any atom is 0.0709 e. The largest absolute Gasteiger partial charge is 0.314 e. The minimum Gasteiger partial charge on any atom is -0.314 e. The molecule has 0 fully saturated rings. The van der Waals surface area contributed by atoms with Gasteiger partial charge >= 0.3 is 0 Å². The predicted molar refractivity (Wildman–Crippen MR) is 69.3 cm³/mol. The third kappa shape index (κ3) is 2.47. The molecule has 0 saturated heterocycles. The van der Waals surface area contributed by atoms with Gasteiger partial charge in [0.15, 0.2) is 0 Å². The molecule has 0 aliphatic heterocycles. The normalized spacial score (nSPS) is 13.4. The Hall–Kier alpha value is -1.67. The summed E-state index contributed by atoms with van der Waals surface area (Å²) < 4.78 is 0. The van der Waals surface area contributed by atoms with Crippen molar-refractivity contribution in [3.8, 4) is 0 Å². The fraction of sp³-hybridized carbons (Fsp3) is 0.214. The van der Waals surface area contributed by atoms with E-state index in [1.807, 2.05) is 37.4 Å². The summed E-state index contributed by atoms with van der Waals surface area (Å²) >= 11 is 0. The lowest BCUT2D eigenvalue weighted by molar-refractivity contribution is 0.731. The van der Waals surface area contributed by atoms with Gasteiger partial charge in [-0.05, 0) is 32.2 Å². The van der Waals surface area contributed by atoms with Crippen molar-refractivity contribution >= 4 is 17.0 Å². The summed E-state index contributed by atoms with van der Waals surface area (Å²) in [6, 6.07) is 12.7.